The van der Waals surface area contributed by atoms with Crippen LogP contribution >= 0.6 is 11.6 Å². The summed E-state index contributed by atoms with van der Waals surface area (Å²) in [5.41, 5.74) is 0.890. The Bertz CT molecular complexity index is 389. The van der Waals surface area contributed by atoms with Crippen LogP contribution in [0.4, 0.5) is 5.95 Å². The molecule has 17 heavy (non-hydrogen) atoms. The van der Waals surface area contributed by atoms with Crippen LogP contribution in [0.1, 0.15) is 5.69 Å². The van der Waals surface area contributed by atoms with Gasteiger partial charge in [-0.25, -0.2) is 4.98 Å². The lowest BCUT2D eigenvalue weighted by atomic mass is 10.3. The fraction of sp³-hybridized carbons (Fsp3) is 0.636. The van der Waals surface area contributed by atoms with Crippen molar-refractivity contribution < 1.29 is 9.47 Å². The quantitative estimate of drug-likeness (QED) is 0.763. The molecule has 0 radical (unpaired) electrons. The number of halogens is 1. The van der Waals surface area contributed by atoms with Crippen LogP contribution in [0.2, 0.25) is 0 Å². The van der Waals surface area contributed by atoms with E-state index in [-0.39, 0.29) is 6.10 Å². The number of hydrogen-bond donors (Lipinski definition) is 0. The average molecular weight is 258 g/mol. The minimum Gasteiger partial charge on any atom is -0.481 e. The van der Waals surface area contributed by atoms with E-state index in [9.17, 15) is 0 Å². The van der Waals surface area contributed by atoms with Crippen LogP contribution in [0.3, 0.4) is 0 Å². The fourth-order valence-corrected chi connectivity index (χ4v) is 1.95. The van der Waals surface area contributed by atoms with Crippen LogP contribution in [0.15, 0.2) is 6.07 Å². The van der Waals surface area contributed by atoms with Gasteiger partial charge in [-0.1, -0.05) is 0 Å². The van der Waals surface area contributed by atoms with Gasteiger partial charge in [-0.15, -0.1) is 11.6 Å². The van der Waals surface area contributed by atoms with Crippen molar-refractivity contribution in [1.82, 2.24) is 9.97 Å². The number of anilines is 1. The van der Waals surface area contributed by atoms with Gasteiger partial charge in [-0.3, -0.25) is 0 Å². The third kappa shape index (κ3) is 2.98. The van der Waals surface area contributed by atoms with E-state index in [0.29, 0.717) is 24.3 Å². The van der Waals surface area contributed by atoms with Crippen LogP contribution < -0.4 is 9.64 Å². The third-order valence-electron chi connectivity index (χ3n) is 2.62. The number of morpholine rings is 1. The van der Waals surface area contributed by atoms with E-state index < -0.39 is 0 Å². The molecule has 1 aliphatic heterocycles. The fourth-order valence-electron chi connectivity index (χ4n) is 1.76. The second-order valence-corrected chi connectivity index (χ2v) is 4.25. The second kappa shape index (κ2) is 5.51. The van der Waals surface area contributed by atoms with E-state index in [0.717, 1.165) is 18.8 Å². The first-order chi connectivity index (χ1) is 8.22. The summed E-state index contributed by atoms with van der Waals surface area (Å²) in [7, 11) is 1.60. The topological polar surface area (TPSA) is 47.5 Å². The Balaban J connectivity index is 2.18. The van der Waals surface area contributed by atoms with Crippen molar-refractivity contribution in [1.29, 1.82) is 0 Å². The lowest BCUT2D eigenvalue weighted by Crippen LogP contribution is -2.44. The summed E-state index contributed by atoms with van der Waals surface area (Å²) in [6.45, 7) is 4.07. The molecule has 6 heteroatoms. The monoisotopic (exact) mass is 257 g/mol. The molecule has 1 aromatic rings. The van der Waals surface area contributed by atoms with Gasteiger partial charge in [-0.05, 0) is 6.92 Å². The number of methoxy groups -OCH3 is 1. The molecule has 1 aliphatic rings. The maximum atomic E-state index is 5.81. The molecule has 0 bridgehead atoms. The summed E-state index contributed by atoms with van der Waals surface area (Å²) in [4.78, 5) is 10.8. The zero-order valence-corrected chi connectivity index (χ0v) is 10.8. The van der Waals surface area contributed by atoms with Crippen LogP contribution in [0.5, 0.6) is 5.88 Å². The molecule has 94 valence electrons. The molecule has 1 atom stereocenters. The van der Waals surface area contributed by atoms with E-state index in [1.807, 2.05) is 13.0 Å². The molecule has 0 aromatic carbocycles. The number of rotatable bonds is 3. The summed E-state index contributed by atoms with van der Waals surface area (Å²) < 4.78 is 10.6. The molecular weight excluding hydrogens is 242 g/mol. The van der Waals surface area contributed by atoms with Gasteiger partial charge in [0, 0.05) is 24.8 Å². The van der Waals surface area contributed by atoms with Crippen LogP contribution in [0, 0.1) is 6.92 Å². The SMILES string of the molecule is COc1cc(C)nc(N2CCOC(CCl)C2)n1. The summed E-state index contributed by atoms with van der Waals surface area (Å²) in [5, 5.41) is 0. The van der Waals surface area contributed by atoms with Gasteiger partial charge in [-0.2, -0.15) is 4.98 Å². The van der Waals surface area contributed by atoms with Crippen LogP contribution in [-0.4, -0.2) is 48.8 Å². The van der Waals surface area contributed by atoms with Gasteiger partial charge in [0.05, 0.1) is 25.7 Å². The van der Waals surface area contributed by atoms with Crippen molar-refractivity contribution >= 4 is 17.5 Å². The Morgan fingerprint density at radius 1 is 1.59 bits per heavy atom. The Morgan fingerprint density at radius 2 is 2.41 bits per heavy atom. The molecular formula is C11H16ClN3O2. The smallest absolute Gasteiger partial charge is 0.229 e. The molecule has 1 unspecified atom stereocenters. The van der Waals surface area contributed by atoms with Crippen LogP contribution in [-0.2, 0) is 4.74 Å². The number of aryl methyl sites for hydroxylation is 1. The molecule has 2 heterocycles. The Morgan fingerprint density at radius 3 is 3.12 bits per heavy atom. The minimum absolute atomic E-state index is 0.0422. The third-order valence-corrected chi connectivity index (χ3v) is 2.97. The van der Waals surface area contributed by atoms with E-state index in [2.05, 4.69) is 14.9 Å². The van der Waals surface area contributed by atoms with Gasteiger partial charge >= 0.3 is 0 Å². The normalized spacial score (nSPS) is 20.4. The van der Waals surface area contributed by atoms with E-state index >= 15 is 0 Å². The standard InChI is InChI=1S/C11H16ClN3O2/c1-8-5-10(16-2)14-11(13-8)15-3-4-17-9(6-12)7-15/h5,9H,3-4,6-7H2,1-2H3. The van der Waals surface area contributed by atoms with Crippen molar-refractivity contribution in [3.8, 4) is 5.88 Å². The molecule has 2 rings (SSSR count). The lowest BCUT2D eigenvalue weighted by molar-refractivity contribution is 0.0548. The summed E-state index contributed by atoms with van der Waals surface area (Å²) in [6, 6.07) is 1.81. The molecule has 1 saturated heterocycles. The van der Waals surface area contributed by atoms with E-state index in [1.54, 1.807) is 7.11 Å². The zero-order chi connectivity index (χ0) is 12.3. The largest absolute Gasteiger partial charge is 0.481 e. The highest BCUT2D eigenvalue weighted by Crippen LogP contribution is 2.18. The van der Waals surface area contributed by atoms with Gasteiger partial charge in [0.2, 0.25) is 11.8 Å². The van der Waals surface area contributed by atoms with Crippen molar-refractivity contribution in [2.24, 2.45) is 0 Å². The first-order valence-electron chi connectivity index (χ1n) is 5.55. The predicted molar refractivity (Wildman–Crippen MR) is 66.0 cm³/mol. The highest BCUT2D eigenvalue weighted by molar-refractivity contribution is 6.18. The number of alkyl halides is 1. The summed E-state index contributed by atoms with van der Waals surface area (Å²) in [5.74, 6) is 1.75. The predicted octanol–water partition coefficient (Wildman–Crippen LogP) is 1.24. The Labute approximate surface area is 106 Å². The van der Waals surface area contributed by atoms with Gasteiger partial charge in [0.25, 0.3) is 0 Å². The van der Waals surface area contributed by atoms with Crippen LogP contribution in [0.25, 0.3) is 0 Å². The van der Waals surface area contributed by atoms with E-state index in [1.165, 1.54) is 0 Å². The Hall–Kier alpha value is -1.07. The number of aromatic nitrogens is 2. The maximum Gasteiger partial charge on any atom is 0.229 e. The molecule has 0 spiro atoms. The lowest BCUT2D eigenvalue weighted by Gasteiger charge is -2.32. The van der Waals surface area contributed by atoms with Crippen molar-refractivity contribution in [2.45, 2.75) is 13.0 Å². The molecule has 5 nitrogen and oxygen atoms in total. The highest BCUT2D eigenvalue weighted by Gasteiger charge is 2.22. The van der Waals surface area contributed by atoms with Crippen molar-refractivity contribution in [3.63, 3.8) is 0 Å². The first kappa shape index (κ1) is 12.4. The first-order valence-corrected chi connectivity index (χ1v) is 6.08. The number of ether oxygens (including phenoxy) is 2. The van der Waals surface area contributed by atoms with E-state index in [4.69, 9.17) is 21.1 Å². The molecule has 0 N–H and O–H groups in total. The zero-order valence-electron chi connectivity index (χ0n) is 10.0. The number of hydrogen-bond acceptors (Lipinski definition) is 5. The average Bonchev–Trinajstić information content (AvgIpc) is 2.38. The maximum absolute atomic E-state index is 5.81. The molecule has 1 aromatic heterocycles. The highest BCUT2D eigenvalue weighted by atomic mass is 35.5. The van der Waals surface area contributed by atoms with Crippen molar-refractivity contribution in [3.05, 3.63) is 11.8 Å². The van der Waals surface area contributed by atoms with Crippen molar-refractivity contribution in [2.75, 3.05) is 37.6 Å². The molecule has 0 amide bonds. The van der Waals surface area contributed by atoms with Gasteiger partial charge in [0.1, 0.15) is 0 Å². The molecule has 0 saturated carbocycles. The molecule has 0 aliphatic carbocycles. The summed E-state index contributed by atoms with van der Waals surface area (Å²) >= 11 is 5.81. The molecule has 1 fully saturated rings. The number of nitrogens with zero attached hydrogens (tertiary/aromatic N) is 3. The van der Waals surface area contributed by atoms with Gasteiger partial charge in [0.15, 0.2) is 0 Å². The summed E-state index contributed by atoms with van der Waals surface area (Å²) in [6.07, 6.45) is 0.0422. The Kier molecular flexibility index (Phi) is 4.02. The minimum atomic E-state index is 0.0422. The second-order valence-electron chi connectivity index (χ2n) is 3.94. The van der Waals surface area contributed by atoms with Gasteiger partial charge < -0.3 is 14.4 Å².